The molecule has 2 aromatic rings. The van der Waals surface area contributed by atoms with Crippen molar-refractivity contribution < 1.29 is 17.9 Å². The van der Waals surface area contributed by atoms with Crippen molar-refractivity contribution in [1.29, 1.82) is 0 Å². The molecule has 2 saturated heterocycles. The number of benzene rings is 1. The van der Waals surface area contributed by atoms with Gasteiger partial charge in [0.25, 0.3) is 0 Å². The molecule has 0 unspecified atom stereocenters. The van der Waals surface area contributed by atoms with Crippen LogP contribution in [0.25, 0.3) is 0 Å². The molecular weight excluding hydrogens is 396 g/mol. The second kappa shape index (κ2) is 8.92. The summed E-state index contributed by atoms with van der Waals surface area (Å²) < 4.78 is 37.9. The first-order chi connectivity index (χ1) is 13.6. The molecule has 0 N–H and O–H groups in total. The van der Waals surface area contributed by atoms with Crippen molar-refractivity contribution in [3.05, 3.63) is 46.7 Å². The fraction of sp³-hybridized carbons (Fsp3) is 0.500. The van der Waals surface area contributed by atoms with Crippen LogP contribution >= 0.6 is 11.3 Å². The minimum Gasteiger partial charge on any atom is -0.492 e. The van der Waals surface area contributed by atoms with Crippen LogP contribution in [0, 0.1) is 0 Å². The van der Waals surface area contributed by atoms with Crippen molar-refractivity contribution in [3.8, 4) is 5.75 Å². The Hall–Kier alpha value is -1.45. The maximum absolute atomic E-state index is 12.7. The molecule has 0 saturated carbocycles. The molecule has 28 heavy (non-hydrogen) atoms. The number of thiophene rings is 1. The van der Waals surface area contributed by atoms with Gasteiger partial charge in [0.05, 0.1) is 18.1 Å². The molecular formula is C20H26N2O4S2. The lowest BCUT2D eigenvalue weighted by molar-refractivity contribution is 0.0730. The molecule has 1 atom stereocenters. The summed E-state index contributed by atoms with van der Waals surface area (Å²) in [7, 11) is -3.45. The van der Waals surface area contributed by atoms with E-state index in [4.69, 9.17) is 9.47 Å². The maximum Gasteiger partial charge on any atom is 0.243 e. The van der Waals surface area contributed by atoms with Crippen LogP contribution in [0.5, 0.6) is 5.75 Å². The summed E-state index contributed by atoms with van der Waals surface area (Å²) >= 11 is 1.75. The average Bonchev–Trinajstić information content (AvgIpc) is 3.41. The van der Waals surface area contributed by atoms with Gasteiger partial charge in [0, 0.05) is 25.7 Å². The molecule has 8 heteroatoms. The van der Waals surface area contributed by atoms with Crippen LogP contribution in [-0.2, 0) is 14.8 Å². The Bertz CT molecular complexity index is 847. The summed E-state index contributed by atoms with van der Waals surface area (Å²) in [6.45, 7) is 4.27. The van der Waals surface area contributed by atoms with E-state index in [1.165, 1.54) is 22.7 Å². The standard InChI is InChI=1S/C20H26N2O4S2/c23-28(24,22-10-12-25-13-11-22)19-5-3-18(4-6-19)26-14-9-21-8-1-2-20(21)17-7-15-27-16-17/h3-7,15-16,20H,1-2,8-14H2/t20-/m1/s1. The lowest BCUT2D eigenvalue weighted by atomic mass is 10.1. The number of likely N-dealkylation sites (tertiary alicyclic amines) is 1. The lowest BCUT2D eigenvalue weighted by Gasteiger charge is -2.26. The van der Waals surface area contributed by atoms with E-state index in [9.17, 15) is 8.42 Å². The fourth-order valence-electron chi connectivity index (χ4n) is 3.86. The Morgan fingerprint density at radius 3 is 2.61 bits per heavy atom. The Morgan fingerprint density at radius 2 is 1.89 bits per heavy atom. The molecule has 0 amide bonds. The quantitative estimate of drug-likeness (QED) is 0.687. The van der Waals surface area contributed by atoms with Crippen LogP contribution in [0.2, 0.25) is 0 Å². The number of nitrogens with zero attached hydrogens (tertiary/aromatic N) is 2. The lowest BCUT2D eigenvalue weighted by Crippen LogP contribution is -2.40. The molecule has 1 aromatic carbocycles. The summed E-state index contributed by atoms with van der Waals surface area (Å²) in [5, 5.41) is 4.37. The number of sulfonamides is 1. The highest BCUT2D eigenvalue weighted by atomic mass is 32.2. The summed E-state index contributed by atoms with van der Waals surface area (Å²) in [6.07, 6.45) is 2.42. The Kier molecular flexibility index (Phi) is 6.32. The Morgan fingerprint density at radius 1 is 1.11 bits per heavy atom. The van der Waals surface area contributed by atoms with Crippen LogP contribution in [0.3, 0.4) is 0 Å². The molecule has 0 aliphatic carbocycles. The molecule has 2 fully saturated rings. The summed E-state index contributed by atoms with van der Waals surface area (Å²) in [6, 6.07) is 9.45. The Balaban J connectivity index is 1.31. The smallest absolute Gasteiger partial charge is 0.243 e. The van der Waals surface area contributed by atoms with E-state index in [2.05, 4.69) is 21.7 Å². The molecule has 0 spiro atoms. The molecule has 2 aliphatic rings. The van der Waals surface area contributed by atoms with Crippen molar-refractivity contribution in [3.63, 3.8) is 0 Å². The van der Waals surface area contributed by atoms with Gasteiger partial charge in [-0.05, 0) is 66.0 Å². The molecule has 0 radical (unpaired) electrons. The second-order valence-corrected chi connectivity index (χ2v) is 9.80. The third-order valence-corrected chi connectivity index (χ3v) is 7.98. The predicted molar refractivity (Wildman–Crippen MR) is 109 cm³/mol. The molecule has 1 aromatic heterocycles. The highest BCUT2D eigenvalue weighted by Gasteiger charge is 2.27. The van der Waals surface area contributed by atoms with Gasteiger partial charge in [0.15, 0.2) is 0 Å². The monoisotopic (exact) mass is 422 g/mol. The van der Waals surface area contributed by atoms with Crippen LogP contribution in [-0.4, -0.2) is 63.6 Å². The number of hydrogen-bond donors (Lipinski definition) is 0. The van der Waals surface area contributed by atoms with Gasteiger partial charge in [-0.1, -0.05) is 0 Å². The maximum atomic E-state index is 12.7. The van der Waals surface area contributed by atoms with Crippen LogP contribution in [0.15, 0.2) is 46.0 Å². The van der Waals surface area contributed by atoms with Crippen LogP contribution in [0.4, 0.5) is 0 Å². The van der Waals surface area contributed by atoms with Crippen LogP contribution < -0.4 is 4.74 Å². The van der Waals surface area contributed by atoms with Crippen molar-refractivity contribution in [2.75, 3.05) is 46.0 Å². The van der Waals surface area contributed by atoms with Crippen molar-refractivity contribution >= 4 is 21.4 Å². The number of ether oxygens (including phenoxy) is 2. The minimum absolute atomic E-state index is 0.304. The van der Waals surface area contributed by atoms with Crippen molar-refractivity contribution in [2.24, 2.45) is 0 Å². The summed E-state index contributed by atoms with van der Waals surface area (Å²) in [5.41, 5.74) is 1.40. The summed E-state index contributed by atoms with van der Waals surface area (Å²) in [4.78, 5) is 2.78. The largest absolute Gasteiger partial charge is 0.492 e. The van der Waals surface area contributed by atoms with E-state index in [1.807, 2.05) is 0 Å². The first-order valence-electron chi connectivity index (χ1n) is 9.71. The molecule has 6 nitrogen and oxygen atoms in total. The number of morpholine rings is 1. The molecule has 0 bridgehead atoms. The van der Waals surface area contributed by atoms with Crippen molar-refractivity contribution in [1.82, 2.24) is 9.21 Å². The van der Waals surface area contributed by atoms with Gasteiger partial charge in [-0.25, -0.2) is 8.42 Å². The predicted octanol–water partition coefficient (Wildman–Crippen LogP) is 2.98. The van der Waals surface area contributed by atoms with E-state index in [-0.39, 0.29) is 0 Å². The third-order valence-electron chi connectivity index (χ3n) is 5.37. The first-order valence-corrected chi connectivity index (χ1v) is 12.1. The van der Waals surface area contributed by atoms with Crippen molar-refractivity contribution in [2.45, 2.75) is 23.8 Å². The highest BCUT2D eigenvalue weighted by molar-refractivity contribution is 7.89. The van der Waals surface area contributed by atoms with Gasteiger partial charge in [-0.15, -0.1) is 0 Å². The second-order valence-electron chi connectivity index (χ2n) is 7.09. The topological polar surface area (TPSA) is 59.1 Å². The summed E-state index contributed by atoms with van der Waals surface area (Å²) in [5.74, 6) is 0.701. The van der Waals surface area contributed by atoms with E-state index in [0.29, 0.717) is 49.6 Å². The van der Waals surface area contributed by atoms with E-state index < -0.39 is 10.0 Å². The normalized spacial score (nSPS) is 21.8. The van der Waals surface area contributed by atoms with E-state index >= 15 is 0 Å². The van der Waals surface area contributed by atoms with Gasteiger partial charge in [0.1, 0.15) is 12.4 Å². The Labute approximate surface area is 170 Å². The minimum atomic E-state index is -3.45. The molecule has 4 rings (SSSR count). The van der Waals surface area contributed by atoms with Gasteiger partial charge in [-0.2, -0.15) is 15.6 Å². The molecule has 3 heterocycles. The fourth-order valence-corrected chi connectivity index (χ4v) is 5.98. The van der Waals surface area contributed by atoms with Gasteiger partial charge in [-0.3, -0.25) is 4.90 Å². The average molecular weight is 423 g/mol. The van der Waals surface area contributed by atoms with E-state index in [0.717, 1.165) is 13.1 Å². The zero-order chi connectivity index (χ0) is 19.4. The zero-order valence-electron chi connectivity index (χ0n) is 15.8. The third kappa shape index (κ3) is 4.41. The first kappa shape index (κ1) is 19.8. The molecule has 2 aliphatic heterocycles. The van der Waals surface area contributed by atoms with Gasteiger partial charge < -0.3 is 9.47 Å². The van der Waals surface area contributed by atoms with Gasteiger partial charge >= 0.3 is 0 Å². The highest BCUT2D eigenvalue weighted by Crippen LogP contribution is 2.32. The van der Waals surface area contributed by atoms with Gasteiger partial charge in [0.2, 0.25) is 10.0 Å². The van der Waals surface area contributed by atoms with E-state index in [1.54, 1.807) is 35.6 Å². The van der Waals surface area contributed by atoms with Crippen LogP contribution in [0.1, 0.15) is 24.4 Å². The number of hydrogen-bond acceptors (Lipinski definition) is 6. The zero-order valence-corrected chi connectivity index (χ0v) is 17.5. The molecule has 152 valence electrons. The SMILES string of the molecule is O=S(=O)(c1ccc(OCCN2CCC[C@@H]2c2ccsc2)cc1)N1CCOCC1. The number of rotatable bonds is 7.